The Bertz CT molecular complexity index is 229. The third kappa shape index (κ3) is 1.31. The summed E-state index contributed by atoms with van der Waals surface area (Å²) < 4.78 is 0. The summed E-state index contributed by atoms with van der Waals surface area (Å²) in [5.41, 5.74) is 0.750. The van der Waals surface area contributed by atoms with Crippen LogP contribution >= 0.6 is 0 Å². The van der Waals surface area contributed by atoms with E-state index in [2.05, 4.69) is 9.97 Å². The van der Waals surface area contributed by atoms with Crippen LogP contribution in [-0.4, -0.2) is 27.1 Å². The molecule has 0 aliphatic rings. The van der Waals surface area contributed by atoms with Crippen molar-refractivity contribution < 1.29 is 10.0 Å². The number of aromatic nitrogens is 2. The molecule has 4 nitrogen and oxygen atoms in total. The Morgan fingerprint density at radius 1 is 1.30 bits per heavy atom. The summed E-state index contributed by atoms with van der Waals surface area (Å²) >= 11 is 0. The van der Waals surface area contributed by atoms with E-state index in [0.717, 1.165) is 0 Å². The Labute approximate surface area is 58.7 Å². The van der Waals surface area contributed by atoms with E-state index in [9.17, 15) is 0 Å². The molecule has 10 heavy (non-hydrogen) atoms. The topological polar surface area (TPSA) is 66.2 Å². The second-order valence-corrected chi connectivity index (χ2v) is 1.90. The van der Waals surface area contributed by atoms with Crippen LogP contribution in [0.1, 0.15) is 5.69 Å². The minimum absolute atomic E-state index is 0.211. The van der Waals surface area contributed by atoms with Gasteiger partial charge in [0.15, 0.2) is 0 Å². The van der Waals surface area contributed by atoms with Gasteiger partial charge in [0, 0.05) is 12.4 Å². The second-order valence-electron chi connectivity index (χ2n) is 1.90. The van der Waals surface area contributed by atoms with Crippen LogP contribution < -0.4 is 5.59 Å². The molecule has 1 heterocycles. The van der Waals surface area contributed by atoms with Crippen LogP contribution in [0.5, 0.6) is 0 Å². The summed E-state index contributed by atoms with van der Waals surface area (Å²) in [6.07, 6.45) is 2.92. The molecule has 0 bridgehead atoms. The first-order chi connectivity index (χ1) is 4.72. The molecule has 0 unspecified atom stereocenters. The van der Waals surface area contributed by atoms with Gasteiger partial charge in [-0.1, -0.05) is 0 Å². The van der Waals surface area contributed by atoms with Crippen molar-refractivity contribution in [3.63, 3.8) is 0 Å². The summed E-state index contributed by atoms with van der Waals surface area (Å²) in [5.74, 6) is 0. The second kappa shape index (κ2) is 2.77. The standard InChI is InChI=1S/C5H7BN2O2/c1-4-5(6(9)10)8-3-2-7-4/h2-3,9-10H,1H3. The van der Waals surface area contributed by atoms with E-state index in [1.165, 1.54) is 12.4 Å². The maximum absolute atomic E-state index is 8.66. The van der Waals surface area contributed by atoms with E-state index < -0.39 is 7.12 Å². The molecule has 0 saturated heterocycles. The minimum Gasteiger partial charge on any atom is -0.422 e. The summed E-state index contributed by atoms with van der Waals surface area (Å²) in [7, 11) is -1.52. The quantitative estimate of drug-likeness (QED) is 0.461. The zero-order chi connectivity index (χ0) is 7.56. The summed E-state index contributed by atoms with van der Waals surface area (Å²) in [4.78, 5) is 7.53. The molecule has 1 aromatic heterocycles. The highest BCUT2D eigenvalue weighted by molar-refractivity contribution is 6.57. The van der Waals surface area contributed by atoms with Crippen LogP contribution in [0.3, 0.4) is 0 Å². The highest BCUT2D eigenvalue weighted by Gasteiger charge is 2.15. The monoisotopic (exact) mass is 138 g/mol. The van der Waals surface area contributed by atoms with E-state index >= 15 is 0 Å². The first-order valence-electron chi connectivity index (χ1n) is 2.85. The zero-order valence-electron chi connectivity index (χ0n) is 5.52. The van der Waals surface area contributed by atoms with Crippen LogP contribution in [0, 0.1) is 6.92 Å². The molecule has 0 amide bonds. The van der Waals surface area contributed by atoms with Gasteiger partial charge in [-0.3, -0.25) is 9.97 Å². The van der Waals surface area contributed by atoms with E-state index in [0.29, 0.717) is 5.69 Å². The van der Waals surface area contributed by atoms with Crippen LogP contribution in [0.2, 0.25) is 0 Å². The van der Waals surface area contributed by atoms with Crippen molar-refractivity contribution in [2.45, 2.75) is 6.92 Å². The Balaban J connectivity index is 3.03. The lowest BCUT2D eigenvalue weighted by Crippen LogP contribution is -2.35. The number of hydrogen-bond donors (Lipinski definition) is 2. The molecule has 0 spiro atoms. The first kappa shape index (κ1) is 7.18. The highest BCUT2D eigenvalue weighted by Crippen LogP contribution is 1.83. The lowest BCUT2D eigenvalue weighted by molar-refractivity contribution is 0.423. The molecule has 0 fully saturated rings. The van der Waals surface area contributed by atoms with E-state index in [1.807, 2.05) is 0 Å². The van der Waals surface area contributed by atoms with Crippen molar-refractivity contribution in [1.29, 1.82) is 0 Å². The normalized spacial score (nSPS) is 9.50. The Hall–Kier alpha value is -0.935. The van der Waals surface area contributed by atoms with E-state index in [4.69, 9.17) is 10.0 Å². The van der Waals surface area contributed by atoms with Crippen LogP contribution in [-0.2, 0) is 0 Å². The maximum atomic E-state index is 8.66. The molecule has 0 atom stereocenters. The Kier molecular flexibility index (Phi) is 1.98. The molecule has 1 rings (SSSR count). The molecule has 2 N–H and O–H groups in total. The van der Waals surface area contributed by atoms with E-state index in [1.54, 1.807) is 6.92 Å². The van der Waals surface area contributed by atoms with Crippen molar-refractivity contribution >= 4 is 12.7 Å². The van der Waals surface area contributed by atoms with Crippen LogP contribution in [0.25, 0.3) is 0 Å². The fraction of sp³-hybridized carbons (Fsp3) is 0.200. The molecule has 0 saturated carbocycles. The van der Waals surface area contributed by atoms with Crippen LogP contribution in [0.15, 0.2) is 12.4 Å². The van der Waals surface area contributed by atoms with Crippen molar-refractivity contribution in [1.82, 2.24) is 9.97 Å². The molecule has 52 valence electrons. The van der Waals surface area contributed by atoms with Crippen molar-refractivity contribution in [3.05, 3.63) is 18.1 Å². The average Bonchev–Trinajstić information content (AvgIpc) is 1.88. The number of rotatable bonds is 1. The third-order valence-electron chi connectivity index (χ3n) is 1.16. The van der Waals surface area contributed by atoms with Gasteiger partial charge in [0.2, 0.25) is 0 Å². The average molecular weight is 138 g/mol. The number of hydrogen-bond acceptors (Lipinski definition) is 4. The third-order valence-corrected chi connectivity index (χ3v) is 1.16. The van der Waals surface area contributed by atoms with Gasteiger partial charge in [0.25, 0.3) is 0 Å². The van der Waals surface area contributed by atoms with Crippen molar-refractivity contribution in [3.8, 4) is 0 Å². The zero-order valence-corrected chi connectivity index (χ0v) is 5.52. The molecule has 0 aromatic carbocycles. The van der Waals surface area contributed by atoms with Crippen molar-refractivity contribution in [2.24, 2.45) is 0 Å². The van der Waals surface area contributed by atoms with Gasteiger partial charge in [-0.05, 0) is 6.92 Å². The van der Waals surface area contributed by atoms with Gasteiger partial charge >= 0.3 is 7.12 Å². The molecule has 0 aliphatic heterocycles. The van der Waals surface area contributed by atoms with E-state index in [-0.39, 0.29) is 5.59 Å². The molecule has 5 heteroatoms. The lowest BCUT2D eigenvalue weighted by Gasteiger charge is -1.98. The van der Waals surface area contributed by atoms with Gasteiger partial charge in [0.1, 0.15) is 0 Å². The van der Waals surface area contributed by atoms with Gasteiger partial charge in [-0.2, -0.15) is 0 Å². The SMILES string of the molecule is Cc1nccnc1B(O)O. The molecular formula is C5H7BN2O2. The van der Waals surface area contributed by atoms with Gasteiger partial charge < -0.3 is 10.0 Å². The van der Waals surface area contributed by atoms with Gasteiger partial charge in [0.05, 0.1) is 11.3 Å². The fourth-order valence-corrected chi connectivity index (χ4v) is 0.672. The molecule has 0 radical (unpaired) electrons. The number of aryl methyl sites for hydroxylation is 1. The maximum Gasteiger partial charge on any atom is 0.510 e. The summed E-state index contributed by atoms with van der Waals surface area (Å²) in [6, 6.07) is 0. The fourth-order valence-electron chi connectivity index (χ4n) is 0.672. The van der Waals surface area contributed by atoms with Crippen LogP contribution in [0.4, 0.5) is 0 Å². The molecule has 0 aliphatic carbocycles. The number of nitrogens with zero attached hydrogens (tertiary/aromatic N) is 2. The highest BCUT2D eigenvalue weighted by atomic mass is 16.4. The largest absolute Gasteiger partial charge is 0.510 e. The van der Waals surface area contributed by atoms with Gasteiger partial charge in [-0.15, -0.1) is 0 Å². The predicted octanol–water partition coefficient (Wildman–Crippen LogP) is -1.54. The summed E-state index contributed by atoms with van der Waals surface area (Å²) in [6.45, 7) is 1.67. The predicted molar refractivity (Wildman–Crippen MR) is 36.6 cm³/mol. The first-order valence-corrected chi connectivity index (χ1v) is 2.85. The Morgan fingerprint density at radius 2 is 1.90 bits per heavy atom. The van der Waals surface area contributed by atoms with Gasteiger partial charge in [-0.25, -0.2) is 0 Å². The lowest BCUT2D eigenvalue weighted by atomic mass is 9.84. The summed E-state index contributed by atoms with van der Waals surface area (Å²) in [5, 5.41) is 17.3. The Morgan fingerprint density at radius 3 is 2.30 bits per heavy atom. The smallest absolute Gasteiger partial charge is 0.422 e. The molecule has 1 aromatic rings. The molecular weight excluding hydrogens is 131 g/mol. The minimum atomic E-state index is -1.52. The van der Waals surface area contributed by atoms with Crippen molar-refractivity contribution in [2.75, 3.05) is 0 Å².